The van der Waals surface area contributed by atoms with Gasteiger partial charge in [-0.3, -0.25) is 9.48 Å². The van der Waals surface area contributed by atoms with Gasteiger partial charge < -0.3 is 5.32 Å². The maximum atomic E-state index is 13.7. The molecule has 0 bridgehead atoms. The second-order valence-corrected chi connectivity index (χ2v) is 4.80. The van der Waals surface area contributed by atoms with Crippen LogP contribution in [0.4, 0.5) is 4.39 Å². The van der Waals surface area contributed by atoms with Crippen LogP contribution in [-0.4, -0.2) is 22.2 Å². The highest BCUT2D eigenvalue weighted by molar-refractivity contribution is 5.96. The lowest BCUT2D eigenvalue weighted by atomic mass is 9.99. The molecule has 1 aliphatic heterocycles. The van der Waals surface area contributed by atoms with Gasteiger partial charge in [0.2, 0.25) is 0 Å². The van der Waals surface area contributed by atoms with Crippen LogP contribution in [0.5, 0.6) is 0 Å². The maximum absolute atomic E-state index is 13.7. The number of carbonyl (C=O) groups is 1. The molecule has 0 saturated carbocycles. The van der Waals surface area contributed by atoms with E-state index in [9.17, 15) is 9.18 Å². The quantitative estimate of drug-likeness (QED) is 0.895. The number of benzene rings is 1. The van der Waals surface area contributed by atoms with E-state index in [1.165, 1.54) is 6.07 Å². The maximum Gasteiger partial charge on any atom is 0.254 e. The predicted octanol–water partition coefficient (Wildman–Crippen LogP) is 1.92. The lowest BCUT2D eigenvalue weighted by molar-refractivity contribution is 0.0940. The van der Waals surface area contributed by atoms with Crippen LogP contribution in [-0.2, 0) is 6.54 Å². The molecule has 0 saturated heterocycles. The lowest BCUT2D eigenvalue weighted by Crippen LogP contribution is -2.34. The van der Waals surface area contributed by atoms with Crippen molar-refractivity contribution in [3.8, 4) is 0 Å². The molecule has 1 N–H and O–H groups in total. The van der Waals surface area contributed by atoms with Crippen LogP contribution in [0.15, 0.2) is 30.5 Å². The van der Waals surface area contributed by atoms with Crippen LogP contribution < -0.4 is 5.32 Å². The summed E-state index contributed by atoms with van der Waals surface area (Å²) in [5.41, 5.74) is 2.05. The number of carbonyl (C=O) groups excluding carboxylic acids is 1. The van der Waals surface area contributed by atoms with E-state index in [-0.39, 0.29) is 17.6 Å². The zero-order valence-corrected chi connectivity index (χ0v) is 10.6. The molecule has 1 aliphatic rings. The van der Waals surface area contributed by atoms with Crippen molar-refractivity contribution in [3.05, 3.63) is 53.1 Å². The zero-order chi connectivity index (χ0) is 13.4. The smallest absolute Gasteiger partial charge is 0.254 e. The lowest BCUT2D eigenvalue weighted by Gasteiger charge is -2.21. The second-order valence-electron chi connectivity index (χ2n) is 4.80. The monoisotopic (exact) mass is 259 g/mol. The minimum Gasteiger partial charge on any atom is -0.351 e. The molecule has 0 spiro atoms. The fourth-order valence-electron chi connectivity index (χ4n) is 2.44. The fraction of sp³-hybridized carbons (Fsp3) is 0.286. The van der Waals surface area contributed by atoms with Crippen molar-refractivity contribution in [3.63, 3.8) is 0 Å². The minimum absolute atomic E-state index is 0.104. The van der Waals surface area contributed by atoms with Gasteiger partial charge in [-0.2, -0.15) is 5.10 Å². The fourth-order valence-corrected chi connectivity index (χ4v) is 2.44. The van der Waals surface area contributed by atoms with E-state index in [1.807, 2.05) is 6.92 Å². The van der Waals surface area contributed by atoms with Crippen LogP contribution in [0, 0.1) is 5.82 Å². The zero-order valence-electron chi connectivity index (χ0n) is 10.6. The van der Waals surface area contributed by atoms with Crippen molar-refractivity contribution >= 4 is 5.91 Å². The highest BCUT2D eigenvalue weighted by Gasteiger charge is 2.27. The van der Waals surface area contributed by atoms with Crippen molar-refractivity contribution in [2.45, 2.75) is 19.4 Å². The highest BCUT2D eigenvalue weighted by Crippen LogP contribution is 2.24. The van der Waals surface area contributed by atoms with Gasteiger partial charge in [0.1, 0.15) is 5.82 Å². The van der Waals surface area contributed by atoms with Crippen molar-refractivity contribution in [1.82, 2.24) is 15.1 Å². The van der Waals surface area contributed by atoms with Gasteiger partial charge in [0.25, 0.3) is 5.91 Å². The molecule has 0 radical (unpaired) electrons. The van der Waals surface area contributed by atoms with E-state index in [0.717, 1.165) is 5.69 Å². The first-order valence-electron chi connectivity index (χ1n) is 6.24. The molecule has 2 aromatic rings. The number of rotatable bonds is 2. The summed E-state index contributed by atoms with van der Waals surface area (Å²) < 4.78 is 15.4. The average Bonchev–Trinajstić information content (AvgIpc) is 2.82. The average molecular weight is 259 g/mol. The Labute approximate surface area is 110 Å². The summed E-state index contributed by atoms with van der Waals surface area (Å²) in [7, 11) is 0. The number of hydrogen-bond donors (Lipinski definition) is 1. The molecular formula is C14H14FN3O. The Morgan fingerprint density at radius 3 is 3.05 bits per heavy atom. The van der Waals surface area contributed by atoms with E-state index in [2.05, 4.69) is 10.4 Å². The summed E-state index contributed by atoms with van der Waals surface area (Å²) in [6.45, 7) is 2.96. The van der Waals surface area contributed by atoms with Crippen molar-refractivity contribution in [2.75, 3.05) is 6.54 Å². The predicted molar refractivity (Wildman–Crippen MR) is 68.5 cm³/mol. The summed E-state index contributed by atoms with van der Waals surface area (Å²) >= 11 is 0. The van der Waals surface area contributed by atoms with Gasteiger partial charge in [-0.1, -0.05) is 25.1 Å². The van der Waals surface area contributed by atoms with Gasteiger partial charge in [0, 0.05) is 18.0 Å². The van der Waals surface area contributed by atoms with Crippen LogP contribution in [0.1, 0.15) is 34.5 Å². The number of amides is 1. The first kappa shape index (κ1) is 11.9. The topological polar surface area (TPSA) is 46.9 Å². The van der Waals surface area contributed by atoms with E-state index in [0.29, 0.717) is 24.2 Å². The van der Waals surface area contributed by atoms with E-state index < -0.39 is 0 Å². The van der Waals surface area contributed by atoms with Crippen LogP contribution in [0.3, 0.4) is 0 Å². The van der Waals surface area contributed by atoms with Crippen LogP contribution in [0.25, 0.3) is 0 Å². The number of nitrogens with zero attached hydrogens (tertiary/aromatic N) is 2. The molecule has 3 rings (SSSR count). The normalized spacial score (nSPS) is 18.0. The Morgan fingerprint density at radius 1 is 1.47 bits per heavy atom. The molecule has 0 fully saturated rings. The number of aromatic nitrogens is 2. The van der Waals surface area contributed by atoms with E-state index in [4.69, 9.17) is 0 Å². The third-order valence-electron chi connectivity index (χ3n) is 3.44. The van der Waals surface area contributed by atoms with Crippen molar-refractivity contribution < 1.29 is 9.18 Å². The number of fused-ring (bicyclic) bond motifs is 1. The molecule has 98 valence electrons. The van der Waals surface area contributed by atoms with Crippen molar-refractivity contribution in [1.29, 1.82) is 0 Å². The Hall–Kier alpha value is -2.17. The van der Waals surface area contributed by atoms with Gasteiger partial charge in [-0.25, -0.2) is 4.39 Å². The summed E-state index contributed by atoms with van der Waals surface area (Å²) in [5, 5.41) is 7.03. The minimum atomic E-state index is -0.250. The second kappa shape index (κ2) is 4.50. The number of hydrogen-bond acceptors (Lipinski definition) is 2. The molecule has 0 aliphatic carbocycles. The molecule has 19 heavy (non-hydrogen) atoms. The number of halogens is 1. The van der Waals surface area contributed by atoms with Gasteiger partial charge >= 0.3 is 0 Å². The summed E-state index contributed by atoms with van der Waals surface area (Å²) in [4.78, 5) is 11.7. The SMILES string of the molecule is CC1CNC(=O)c2cnn(Cc3ccccc3F)c21. The largest absolute Gasteiger partial charge is 0.351 e. The Morgan fingerprint density at radius 2 is 2.26 bits per heavy atom. The highest BCUT2D eigenvalue weighted by atomic mass is 19.1. The van der Waals surface area contributed by atoms with E-state index in [1.54, 1.807) is 29.1 Å². The third-order valence-corrected chi connectivity index (χ3v) is 3.44. The molecule has 1 aromatic carbocycles. The summed E-state index contributed by atoms with van der Waals surface area (Å²) in [6, 6.07) is 6.62. The van der Waals surface area contributed by atoms with Gasteiger partial charge in [-0.15, -0.1) is 0 Å². The molecular weight excluding hydrogens is 245 g/mol. The van der Waals surface area contributed by atoms with Crippen molar-refractivity contribution in [2.24, 2.45) is 0 Å². The summed E-state index contributed by atoms with van der Waals surface area (Å²) in [5.74, 6) is -0.172. The Bertz CT molecular complexity index is 635. The van der Waals surface area contributed by atoms with E-state index >= 15 is 0 Å². The molecule has 5 heteroatoms. The van der Waals surface area contributed by atoms with Crippen LogP contribution >= 0.6 is 0 Å². The molecule has 1 atom stereocenters. The Balaban J connectivity index is 1.99. The summed E-state index contributed by atoms with van der Waals surface area (Å²) in [6.07, 6.45) is 1.56. The molecule has 1 aromatic heterocycles. The number of nitrogens with one attached hydrogen (secondary N) is 1. The molecule has 2 heterocycles. The third kappa shape index (κ3) is 2.01. The molecule has 1 unspecified atom stereocenters. The van der Waals surface area contributed by atoms with Gasteiger partial charge in [-0.05, 0) is 6.07 Å². The van der Waals surface area contributed by atoms with Crippen LogP contribution in [0.2, 0.25) is 0 Å². The molecule has 1 amide bonds. The Kier molecular flexibility index (Phi) is 2.81. The first-order valence-corrected chi connectivity index (χ1v) is 6.24. The van der Waals surface area contributed by atoms with Gasteiger partial charge in [0.05, 0.1) is 24.0 Å². The molecule has 4 nitrogen and oxygen atoms in total. The first-order chi connectivity index (χ1) is 9.16. The van der Waals surface area contributed by atoms with Gasteiger partial charge in [0.15, 0.2) is 0 Å². The standard InChI is InChI=1S/C14H14FN3O/c1-9-6-16-14(19)11-7-17-18(13(9)11)8-10-4-2-3-5-12(10)15/h2-5,7,9H,6,8H2,1H3,(H,16,19).